The minimum Gasteiger partial charge on any atom is -0.508 e. The Kier molecular flexibility index (Phi) is 5.16. The average Bonchev–Trinajstić information content (AvgIpc) is 2.62. The topological polar surface area (TPSA) is 55.8 Å². The highest BCUT2D eigenvalue weighted by Crippen LogP contribution is 2.33. The second-order valence-corrected chi connectivity index (χ2v) is 6.12. The standard InChI is InChI=1S/C20H22O4/c1-23-17-11-7-15(8-12-17)20-4-2-3-18(24-20)13-19(22)14-5-9-16(21)10-6-14/h5-12,18,20-21H,2-4,13H2,1H3/t18-,20+/m0/s1. The number of ether oxygens (including phenoxy) is 2. The lowest BCUT2D eigenvalue weighted by Gasteiger charge is -2.30. The van der Waals surface area contributed by atoms with Crippen LogP contribution in [0.4, 0.5) is 0 Å². The van der Waals surface area contributed by atoms with Crippen LogP contribution < -0.4 is 4.74 Å². The number of hydrogen-bond acceptors (Lipinski definition) is 4. The summed E-state index contributed by atoms with van der Waals surface area (Å²) in [5, 5.41) is 9.31. The van der Waals surface area contributed by atoms with E-state index in [0.717, 1.165) is 30.6 Å². The van der Waals surface area contributed by atoms with Crippen LogP contribution in [0, 0.1) is 0 Å². The third-order valence-electron chi connectivity index (χ3n) is 4.44. The number of rotatable bonds is 5. The van der Waals surface area contributed by atoms with Crippen LogP contribution in [-0.4, -0.2) is 24.1 Å². The number of benzene rings is 2. The summed E-state index contributed by atoms with van der Waals surface area (Å²) in [7, 11) is 1.65. The van der Waals surface area contributed by atoms with E-state index >= 15 is 0 Å². The molecule has 1 N–H and O–H groups in total. The molecule has 0 amide bonds. The Hall–Kier alpha value is -2.33. The lowest BCUT2D eigenvalue weighted by Crippen LogP contribution is -2.25. The Balaban J connectivity index is 1.62. The van der Waals surface area contributed by atoms with E-state index < -0.39 is 0 Å². The maximum atomic E-state index is 12.4. The maximum Gasteiger partial charge on any atom is 0.165 e. The number of carbonyl (C=O) groups is 1. The van der Waals surface area contributed by atoms with Crippen molar-refractivity contribution in [2.45, 2.75) is 37.9 Å². The summed E-state index contributed by atoms with van der Waals surface area (Å²) in [5.41, 5.74) is 1.74. The Bertz CT molecular complexity index is 676. The fourth-order valence-electron chi connectivity index (χ4n) is 3.09. The second kappa shape index (κ2) is 7.49. The summed E-state index contributed by atoms with van der Waals surface area (Å²) in [6, 6.07) is 14.3. The summed E-state index contributed by atoms with van der Waals surface area (Å²) < 4.78 is 11.3. The Morgan fingerprint density at radius 3 is 2.50 bits per heavy atom. The van der Waals surface area contributed by atoms with Crippen molar-refractivity contribution in [3.8, 4) is 11.5 Å². The summed E-state index contributed by atoms with van der Waals surface area (Å²) in [4.78, 5) is 12.4. The largest absolute Gasteiger partial charge is 0.508 e. The van der Waals surface area contributed by atoms with Crippen LogP contribution in [0.25, 0.3) is 0 Å². The zero-order valence-corrected chi connectivity index (χ0v) is 13.8. The first-order valence-corrected chi connectivity index (χ1v) is 8.27. The first kappa shape index (κ1) is 16.5. The summed E-state index contributed by atoms with van der Waals surface area (Å²) in [6.45, 7) is 0. The van der Waals surface area contributed by atoms with Crippen molar-refractivity contribution in [2.24, 2.45) is 0 Å². The van der Waals surface area contributed by atoms with Crippen LogP contribution in [0.2, 0.25) is 0 Å². The lowest BCUT2D eigenvalue weighted by atomic mass is 9.95. The average molecular weight is 326 g/mol. The van der Waals surface area contributed by atoms with E-state index in [1.165, 1.54) is 12.1 Å². The number of methoxy groups -OCH3 is 1. The molecule has 0 aliphatic carbocycles. The number of phenolic OH excluding ortho intramolecular Hbond substituents is 1. The molecular weight excluding hydrogens is 304 g/mol. The van der Waals surface area contributed by atoms with Gasteiger partial charge in [0.2, 0.25) is 0 Å². The van der Waals surface area contributed by atoms with Gasteiger partial charge in [0.15, 0.2) is 5.78 Å². The van der Waals surface area contributed by atoms with Gasteiger partial charge < -0.3 is 14.6 Å². The highest BCUT2D eigenvalue weighted by atomic mass is 16.5. The van der Waals surface area contributed by atoms with E-state index in [0.29, 0.717) is 12.0 Å². The minimum atomic E-state index is -0.0628. The molecule has 126 valence electrons. The summed E-state index contributed by atoms with van der Waals surface area (Å²) in [5.74, 6) is 1.05. The molecule has 1 saturated heterocycles. The van der Waals surface area contributed by atoms with E-state index in [9.17, 15) is 9.90 Å². The van der Waals surface area contributed by atoms with Gasteiger partial charge in [-0.25, -0.2) is 0 Å². The monoisotopic (exact) mass is 326 g/mol. The van der Waals surface area contributed by atoms with Crippen LogP contribution in [0.5, 0.6) is 11.5 Å². The molecule has 24 heavy (non-hydrogen) atoms. The normalized spacial score (nSPS) is 20.5. The molecule has 1 aliphatic heterocycles. The molecule has 2 atom stereocenters. The molecule has 1 fully saturated rings. The first-order valence-electron chi connectivity index (χ1n) is 8.27. The molecule has 0 aromatic heterocycles. The third-order valence-corrected chi connectivity index (χ3v) is 4.44. The quantitative estimate of drug-likeness (QED) is 0.833. The maximum absolute atomic E-state index is 12.4. The van der Waals surface area contributed by atoms with Gasteiger partial charge >= 0.3 is 0 Å². The van der Waals surface area contributed by atoms with Crippen LogP contribution in [0.3, 0.4) is 0 Å². The van der Waals surface area contributed by atoms with E-state index in [4.69, 9.17) is 9.47 Å². The molecule has 0 spiro atoms. The van der Waals surface area contributed by atoms with E-state index in [1.807, 2.05) is 24.3 Å². The van der Waals surface area contributed by atoms with Gasteiger partial charge in [0, 0.05) is 12.0 Å². The highest BCUT2D eigenvalue weighted by Gasteiger charge is 2.25. The van der Waals surface area contributed by atoms with Gasteiger partial charge in [0.25, 0.3) is 0 Å². The molecule has 0 bridgehead atoms. The Morgan fingerprint density at radius 2 is 1.83 bits per heavy atom. The predicted molar refractivity (Wildman–Crippen MR) is 91.5 cm³/mol. The Labute approximate surface area is 142 Å². The number of ketones is 1. The third kappa shape index (κ3) is 3.95. The van der Waals surface area contributed by atoms with Crippen molar-refractivity contribution >= 4 is 5.78 Å². The van der Waals surface area contributed by atoms with Gasteiger partial charge in [-0.15, -0.1) is 0 Å². The molecular formula is C20H22O4. The van der Waals surface area contributed by atoms with Crippen LogP contribution in [-0.2, 0) is 4.74 Å². The molecule has 2 aromatic rings. The van der Waals surface area contributed by atoms with Crippen molar-refractivity contribution in [1.82, 2.24) is 0 Å². The minimum absolute atomic E-state index is 0.0299. The van der Waals surface area contributed by atoms with Crippen molar-refractivity contribution in [2.75, 3.05) is 7.11 Å². The predicted octanol–water partition coefficient (Wildman–Crippen LogP) is 4.28. The SMILES string of the molecule is COc1ccc([C@H]2CCC[C@@H](CC(=O)c3ccc(O)cc3)O2)cc1. The Morgan fingerprint density at radius 1 is 1.12 bits per heavy atom. The van der Waals surface area contributed by atoms with Gasteiger partial charge in [0.05, 0.1) is 19.3 Å². The molecule has 0 saturated carbocycles. The fraction of sp³-hybridized carbons (Fsp3) is 0.350. The highest BCUT2D eigenvalue weighted by molar-refractivity contribution is 5.96. The van der Waals surface area contributed by atoms with Crippen molar-refractivity contribution in [3.05, 3.63) is 59.7 Å². The van der Waals surface area contributed by atoms with Gasteiger partial charge in [-0.2, -0.15) is 0 Å². The van der Waals surface area contributed by atoms with Crippen molar-refractivity contribution in [1.29, 1.82) is 0 Å². The summed E-state index contributed by atoms with van der Waals surface area (Å²) in [6.07, 6.45) is 3.25. The van der Waals surface area contributed by atoms with E-state index in [-0.39, 0.29) is 23.7 Å². The molecule has 0 radical (unpaired) electrons. The molecule has 3 rings (SSSR count). The van der Waals surface area contributed by atoms with Gasteiger partial charge in [-0.1, -0.05) is 12.1 Å². The molecule has 0 unspecified atom stereocenters. The first-order chi connectivity index (χ1) is 11.7. The molecule has 4 nitrogen and oxygen atoms in total. The zero-order valence-electron chi connectivity index (χ0n) is 13.8. The fourth-order valence-corrected chi connectivity index (χ4v) is 3.09. The number of carbonyl (C=O) groups excluding carboxylic acids is 1. The van der Waals surface area contributed by atoms with E-state index in [2.05, 4.69) is 0 Å². The molecule has 1 aliphatic rings. The number of phenols is 1. The van der Waals surface area contributed by atoms with Crippen LogP contribution >= 0.6 is 0 Å². The number of aromatic hydroxyl groups is 1. The van der Waals surface area contributed by atoms with Crippen LogP contribution in [0.1, 0.15) is 47.7 Å². The smallest absolute Gasteiger partial charge is 0.165 e. The number of hydrogen-bond donors (Lipinski definition) is 1. The second-order valence-electron chi connectivity index (χ2n) is 6.12. The molecule has 1 heterocycles. The molecule has 4 heteroatoms. The van der Waals surface area contributed by atoms with Crippen LogP contribution in [0.15, 0.2) is 48.5 Å². The zero-order chi connectivity index (χ0) is 16.9. The van der Waals surface area contributed by atoms with Crippen molar-refractivity contribution < 1.29 is 19.4 Å². The summed E-state index contributed by atoms with van der Waals surface area (Å²) >= 11 is 0. The molecule has 2 aromatic carbocycles. The van der Waals surface area contributed by atoms with Crippen molar-refractivity contribution in [3.63, 3.8) is 0 Å². The van der Waals surface area contributed by atoms with Gasteiger partial charge in [-0.05, 0) is 61.2 Å². The number of Topliss-reactive ketones (excluding diaryl/α,β-unsaturated/α-hetero) is 1. The van der Waals surface area contributed by atoms with Gasteiger partial charge in [-0.3, -0.25) is 4.79 Å². The lowest BCUT2D eigenvalue weighted by molar-refractivity contribution is -0.0508. The van der Waals surface area contributed by atoms with E-state index in [1.54, 1.807) is 19.2 Å². The van der Waals surface area contributed by atoms with Gasteiger partial charge in [0.1, 0.15) is 11.5 Å².